The minimum absolute atomic E-state index is 0.00227. The number of aliphatic hydroxyl groups is 2. The van der Waals surface area contributed by atoms with Crippen molar-refractivity contribution in [2.45, 2.75) is 353 Å². The van der Waals surface area contributed by atoms with Crippen molar-refractivity contribution in [3.05, 3.63) is 24.3 Å². The van der Waals surface area contributed by atoms with Gasteiger partial charge in [0.15, 0.2) is 0 Å². The third-order valence-electron chi connectivity index (χ3n) is 14.5. The molecule has 0 aromatic heterocycles. The molecule has 2 atom stereocenters. The number of allylic oxidation sites excluding steroid dienone is 4. The molecule has 0 aromatic carbocycles. The van der Waals surface area contributed by atoms with Gasteiger partial charge in [0.1, 0.15) is 0 Å². The van der Waals surface area contributed by atoms with Crippen LogP contribution in [0.4, 0.5) is 0 Å². The van der Waals surface area contributed by atoms with Crippen LogP contribution in [0.3, 0.4) is 0 Å². The Labute approximate surface area is 431 Å². The molecule has 0 bridgehead atoms. The lowest BCUT2D eigenvalue weighted by atomic mass is 10.0. The van der Waals surface area contributed by atoms with Crippen LogP contribution < -0.4 is 5.32 Å². The van der Waals surface area contributed by atoms with E-state index in [-0.39, 0.29) is 18.5 Å². The van der Waals surface area contributed by atoms with Gasteiger partial charge in [-0.3, -0.25) is 9.59 Å². The fourth-order valence-corrected chi connectivity index (χ4v) is 9.73. The van der Waals surface area contributed by atoms with Crippen LogP contribution in [0.5, 0.6) is 0 Å². The molecule has 6 nitrogen and oxygen atoms in total. The number of aliphatic hydroxyl groups excluding tert-OH is 2. The number of ether oxygens (including phenoxy) is 1. The Morgan fingerprint density at radius 3 is 1.13 bits per heavy atom. The molecule has 0 aliphatic heterocycles. The van der Waals surface area contributed by atoms with Gasteiger partial charge in [0.25, 0.3) is 0 Å². The van der Waals surface area contributed by atoms with Crippen molar-refractivity contribution in [3.63, 3.8) is 0 Å². The number of hydrogen-bond donors (Lipinski definition) is 3. The summed E-state index contributed by atoms with van der Waals surface area (Å²) in [7, 11) is 0. The largest absolute Gasteiger partial charge is 0.466 e. The number of esters is 1. The van der Waals surface area contributed by atoms with E-state index in [0.29, 0.717) is 25.9 Å². The summed E-state index contributed by atoms with van der Waals surface area (Å²) >= 11 is 0. The zero-order valence-electron chi connectivity index (χ0n) is 46.6. The fourth-order valence-electron chi connectivity index (χ4n) is 9.73. The van der Waals surface area contributed by atoms with Crippen molar-refractivity contribution in [1.82, 2.24) is 5.32 Å². The maximum atomic E-state index is 12.5. The van der Waals surface area contributed by atoms with Gasteiger partial charge in [0.05, 0.1) is 25.4 Å². The molecule has 0 saturated heterocycles. The summed E-state index contributed by atoms with van der Waals surface area (Å²) in [5.41, 5.74) is 0. The zero-order valence-corrected chi connectivity index (χ0v) is 46.6. The van der Waals surface area contributed by atoms with Gasteiger partial charge >= 0.3 is 5.97 Å². The SMILES string of the molecule is CCCCC/C=C\C/C=C\CCCCCCCCCCCC(=O)OCCCCCCCCCCCCCCCCCC(=O)NC(CO)C(O)CCCCCCCCCCCCCCCCCCCC. The molecule has 408 valence electrons. The third kappa shape index (κ3) is 55.5. The molecule has 69 heavy (non-hydrogen) atoms. The monoisotopic (exact) mass is 972 g/mol. The Balaban J connectivity index is 3.42. The summed E-state index contributed by atoms with van der Waals surface area (Å²) in [5, 5.41) is 23.3. The van der Waals surface area contributed by atoms with Gasteiger partial charge in [-0.2, -0.15) is 0 Å². The highest BCUT2D eigenvalue weighted by Gasteiger charge is 2.20. The molecule has 0 radical (unpaired) electrons. The van der Waals surface area contributed by atoms with E-state index in [4.69, 9.17) is 4.74 Å². The highest BCUT2D eigenvalue weighted by atomic mass is 16.5. The van der Waals surface area contributed by atoms with E-state index in [0.717, 1.165) is 57.8 Å². The molecular weight excluding hydrogens is 851 g/mol. The van der Waals surface area contributed by atoms with Gasteiger partial charge in [-0.25, -0.2) is 0 Å². The van der Waals surface area contributed by atoms with Crippen LogP contribution in [0.15, 0.2) is 24.3 Å². The van der Waals surface area contributed by atoms with Crippen molar-refractivity contribution in [1.29, 1.82) is 0 Å². The molecule has 0 aromatic rings. The van der Waals surface area contributed by atoms with Crippen molar-refractivity contribution < 1.29 is 24.5 Å². The number of unbranched alkanes of at least 4 members (excludes halogenated alkanes) is 43. The molecule has 0 spiro atoms. The van der Waals surface area contributed by atoms with Gasteiger partial charge < -0.3 is 20.3 Å². The first kappa shape index (κ1) is 67.3. The predicted octanol–water partition coefficient (Wildman–Crippen LogP) is 19.4. The summed E-state index contributed by atoms with van der Waals surface area (Å²) in [6.07, 6.45) is 71.7. The molecule has 2 unspecified atom stereocenters. The number of rotatable bonds is 58. The zero-order chi connectivity index (χ0) is 50.0. The van der Waals surface area contributed by atoms with E-state index >= 15 is 0 Å². The predicted molar refractivity (Wildman–Crippen MR) is 301 cm³/mol. The molecule has 0 aliphatic carbocycles. The first-order valence-corrected chi connectivity index (χ1v) is 31.1. The maximum absolute atomic E-state index is 12.5. The number of hydrogen-bond acceptors (Lipinski definition) is 5. The highest BCUT2D eigenvalue weighted by molar-refractivity contribution is 5.76. The first-order valence-electron chi connectivity index (χ1n) is 31.1. The molecular formula is C63H121NO5. The Hall–Kier alpha value is -1.66. The normalized spacial score (nSPS) is 12.7. The average Bonchev–Trinajstić information content (AvgIpc) is 3.35. The second-order valence-corrected chi connectivity index (χ2v) is 21.4. The smallest absolute Gasteiger partial charge is 0.305 e. The lowest BCUT2D eigenvalue weighted by molar-refractivity contribution is -0.143. The molecule has 0 aliphatic rings. The summed E-state index contributed by atoms with van der Waals surface area (Å²) in [6.45, 7) is 4.93. The fraction of sp³-hybridized carbons (Fsp3) is 0.905. The highest BCUT2D eigenvalue weighted by Crippen LogP contribution is 2.18. The molecule has 6 heteroatoms. The van der Waals surface area contributed by atoms with Crippen LogP contribution in [-0.4, -0.2) is 47.4 Å². The summed E-state index contributed by atoms with van der Waals surface area (Å²) in [5.74, 6) is -0.0431. The molecule has 0 saturated carbocycles. The van der Waals surface area contributed by atoms with Crippen molar-refractivity contribution in [2.75, 3.05) is 13.2 Å². The van der Waals surface area contributed by atoms with Gasteiger partial charge in [0.2, 0.25) is 5.91 Å². The Kier molecular flexibility index (Phi) is 57.5. The summed E-state index contributed by atoms with van der Waals surface area (Å²) < 4.78 is 5.49. The Bertz CT molecular complexity index is 1080. The van der Waals surface area contributed by atoms with E-state index in [1.54, 1.807) is 0 Å². The van der Waals surface area contributed by atoms with Gasteiger partial charge in [-0.05, 0) is 57.8 Å². The molecule has 3 N–H and O–H groups in total. The van der Waals surface area contributed by atoms with Crippen LogP contribution in [-0.2, 0) is 14.3 Å². The van der Waals surface area contributed by atoms with Gasteiger partial charge in [-0.1, -0.05) is 295 Å². The van der Waals surface area contributed by atoms with Crippen molar-refractivity contribution >= 4 is 11.9 Å². The third-order valence-corrected chi connectivity index (χ3v) is 14.5. The Morgan fingerprint density at radius 2 is 0.725 bits per heavy atom. The minimum Gasteiger partial charge on any atom is -0.466 e. The van der Waals surface area contributed by atoms with Crippen molar-refractivity contribution in [2.24, 2.45) is 0 Å². The number of nitrogens with one attached hydrogen (secondary N) is 1. The van der Waals surface area contributed by atoms with Gasteiger partial charge in [-0.15, -0.1) is 0 Å². The molecule has 0 fully saturated rings. The average molecular weight is 973 g/mol. The summed E-state index contributed by atoms with van der Waals surface area (Å²) in [6, 6.07) is -0.549. The maximum Gasteiger partial charge on any atom is 0.305 e. The standard InChI is InChI=1S/C63H121NO5/c1-3-5-7-9-11-13-15-17-19-21-23-25-29-33-37-41-45-49-53-57-63(68)69-58-54-50-46-42-38-34-30-26-28-32-36-40-44-48-52-56-62(67)64-60(59-65)61(66)55-51-47-43-39-35-31-27-24-22-20-18-16-14-12-10-8-6-4-2/h11,13,17,19,60-61,65-66H,3-10,12,14-16,18,20-59H2,1-2H3,(H,64,67)/b13-11-,19-17-. The van der Waals surface area contributed by atoms with Gasteiger partial charge in [0, 0.05) is 12.8 Å². The number of carbonyl (C=O) groups excluding carboxylic acids is 2. The molecule has 0 heterocycles. The van der Waals surface area contributed by atoms with Crippen LogP contribution in [0, 0.1) is 0 Å². The quantitative estimate of drug-likeness (QED) is 0.0321. The summed E-state index contributed by atoms with van der Waals surface area (Å²) in [4.78, 5) is 24.6. The number of carbonyl (C=O) groups is 2. The van der Waals surface area contributed by atoms with Crippen LogP contribution in [0.1, 0.15) is 341 Å². The van der Waals surface area contributed by atoms with E-state index in [1.165, 1.54) is 250 Å². The minimum atomic E-state index is -0.671. The molecule has 0 rings (SSSR count). The number of amides is 1. The van der Waals surface area contributed by atoms with Crippen LogP contribution in [0.25, 0.3) is 0 Å². The first-order chi connectivity index (χ1) is 34.0. The van der Waals surface area contributed by atoms with Crippen LogP contribution >= 0.6 is 0 Å². The molecule has 1 amide bonds. The van der Waals surface area contributed by atoms with Crippen LogP contribution in [0.2, 0.25) is 0 Å². The second-order valence-electron chi connectivity index (χ2n) is 21.4. The van der Waals surface area contributed by atoms with E-state index in [2.05, 4.69) is 43.5 Å². The van der Waals surface area contributed by atoms with E-state index in [9.17, 15) is 19.8 Å². The van der Waals surface area contributed by atoms with E-state index < -0.39 is 12.1 Å². The second kappa shape index (κ2) is 58.9. The topological polar surface area (TPSA) is 95.9 Å². The Morgan fingerprint density at radius 1 is 0.406 bits per heavy atom. The lowest BCUT2D eigenvalue weighted by Gasteiger charge is -2.22. The lowest BCUT2D eigenvalue weighted by Crippen LogP contribution is -2.45. The van der Waals surface area contributed by atoms with Crippen molar-refractivity contribution in [3.8, 4) is 0 Å². The van der Waals surface area contributed by atoms with E-state index in [1.807, 2.05) is 0 Å².